The number of hydrogen-bond donors (Lipinski definition) is 1. The lowest BCUT2D eigenvalue weighted by atomic mass is 10.0. The van der Waals surface area contributed by atoms with E-state index >= 15 is 0 Å². The monoisotopic (exact) mass is 528 g/mol. The van der Waals surface area contributed by atoms with E-state index in [0.717, 1.165) is 17.7 Å². The topological polar surface area (TPSA) is 75.7 Å². The minimum atomic E-state index is -4.65. The molecule has 0 aromatic heterocycles. The van der Waals surface area contributed by atoms with Crippen LogP contribution in [0.2, 0.25) is 0 Å². The van der Waals surface area contributed by atoms with Gasteiger partial charge in [-0.05, 0) is 66.1 Å². The van der Waals surface area contributed by atoms with E-state index < -0.39 is 34.6 Å². The van der Waals surface area contributed by atoms with Crippen LogP contribution < -0.4 is 15.0 Å². The third kappa shape index (κ3) is 5.51. The van der Waals surface area contributed by atoms with Gasteiger partial charge in [-0.2, -0.15) is 13.2 Å². The van der Waals surface area contributed by atoms with Gasteiger partial charge in [0.05, 0.1) is 16.8 Å². The van der Waals surface area contributed by atoms with Crippen molar-refractivity contribution in [3.63, 3.8) is 0 Å². The number of alkyl halides is 3. The summed E-state index contributed by atoms with van der Waals surface area (Å²) in [4.78, 5) is 38.5. The van der Waals surface area contributed by atoms with Gasteiger partial charge in [-0.3, -0.25) is 9.59 Å². The number of benzene rings is 3. The molecule has 2 amide bonds. The number of imide groups is 1. The molecule has 3 aromatic carbocycles. The predicted octanol–water partition coefficient (Wildman–Crippen LogP) is 6.48. The van der Waals surface area contributed by atoms with Crippen LogP contribution in [0.5, 0.6) is 5.75 Å². The SMILES string of the molecule is CC(C)c1ccc(OC(=O)c2ccc(NC3=C(Cl)C(=O)N(c4cccc(C(F)(F)F)c4)C3=O)cc2)cc1. The summed E-state index contributed by atoms with van der Waals surface area (Å²) in [6.07, 6.45) is -4.65. The molecule has 37 heavy (non-hydrogen) atoms. The van der Waals surface area contributed by atoms with Crippen molar-refractivity contribution in [1.29, 1.82) is 0 Å². The van der Waals surface area contributed by atoms with E-state index in [1.54, 1.807) is 12.1 Å². The Morgan fingerprint density at radius 3 is 2.19 bits per heavy atom. The van der Waals surface area contributed by atoms with E-state index in [9.17, 15) is 27.6 Å². The first kappa shape index (κ1) is 26.0. The Labute approximate surface area is 215 Å². The smallest absolute Gasteiger partial charge is 0.416 e. The van der Waals surface area contributed by atoms with Crippen LogP contribution in [0.25, 0.3) is 0 Å². The summed E-state index contributed by atoms with van der Waals surface area (Å²) < 4.78 is 44.6. The second kappa shape index (κ2) is 10.1. The second-order valence-electron chi connectivity index (χ2n) is 8.50. The number of esters is 1. The predicted molar refractivity (Wildman–Crippen MR) is 132 cm³/mol. The molecule has 0 atom stereocenters. The van der Waals surface area contributed by atoms with Gasteiger partial charge in [-0.15, -0.1) is 0 Å². The fraction of sp³-hybridized carbons (Fsp3) is 0.148. The lowest BCUT2D eigenvalue weighted by molar-refractivity contribution is -0.137. The quantitative estimate of drug-likeness (QED) is 0.225. The number of anilines is 2. The molecule has 0 spiro atoms. The number of amides is 2. The third-order valence-corrected chi connectivity index (χ3v) is 5.96. The van der Waals surface area contributed by atoms with Crippen LogP contribution in [-0.2, 0) is 15.8 Å². The van der Waals surface area contributed by atoms with Gasteiger partial charge in [0.2, 0.25) is 0 Å². The van der Waals surface area contributed by atoms with Gasteiger partial charge in [0.1, 0.15) is 16.5 Å². The lowest BCUT2D eigenvalue weighted by Crippen LogP contribution is -2.32. The zero-order valence-electron chi connectivity index (χ0n) is 19.6. The summed E-state index contributed by atoms with van der Waals surface area (Å²) in [5.41, 5.74) is 0.0798. The Balaban J connectivity index is 1.46. The largest absolute Gasteiger partial charge is 0.423 e. The Hall–Kier alpha value is -4.11. The van der Waals surface area contributed by atoms with Gasteiger partial charge < -0.3 is 10.1 Å². The summed E-state index contributed by atoms with van der Waals surface area (Å²) in [5, 5.41) is 2.23. The second-order valence-corrected chi connectivity index (χ2v) is 8.88. The number of nitrogens with zero attached hydrogens (tertiary/aromatic N) is 1. The molecule has 0 unspecified atom stereocenters. The average molecular weight is 529 g/mol. The maximum Gasteiger partial charge on any atom is 0.416 e. The van der Waals surface area contributed by atoms with Crippen molar-refractivity contribution < 1.29 is 32.3 Å². The molecule has 0 saturated carbocycles. The Morgan fingerprint density at radius 1 is 0.946 bits per heavy atom. The molecule has 1 aliphatic rings. The van der Waals surface area contributed by atoms with E-state index in [1.165, 1.54) is 30.3 Å². The minimum absolute atomic E-state index is 0.234. The summed E-state index contributed by atoms with van der Waals surface area (Å²) in [6, 6.07) is 16.8. The van der Waals surface area contributed by atoms with Gasteiger partial charge in [-0.1, -0.05) is 43.6 Å². The van der Waals surface area contributed by atoms with Crippen molar-refractivity contribution in [3.8, 4) is 5.75 Å². The summed E-state index contributed by atoms with van der Waals surface area (Å²) in [5.74, 6) is -1.74. The molecule has 4 rings (SSSR count). The highest BCUT2D eigenvalue weighted by atomic mass is 35.5. The molecule has 10 heteroatoms. The van der Waals surface area contributed by atoms with Crippen molar-refractivity contribution in [2.24, 2.45) is 0 Å². The van der Waals surface area contributed by atoms with Gasteiger partial charge in [0.15, 0.2) is 0 Å². The van der Waals surface area contributed by atoms with E-state index in [4.69, 9.17) is 16.3 Å². The van der Waals surface area contributed by atoms with Crippen molar-refractivity contribution in [3.05, 3.63) is 100 Å². The highest BCUT2D eigenvalue weighted by Gasteiger charge is 2.40. The van der Waals surface area contributed by atoms with Crippen LogP contribution in [0.4, 0.5) is 24.5 Å². The molecular weight excluding hydrogens is 509 g/mol. The number of rotatable bonds is 6. The fourth-order valence-corrected chi connectivity index (χ4v) is 3.80. The molecule has 190 valence electrons. The number of carbonyl (C=O) groups is 3. The van der Waals surface area contributed by atoms with E-state index in [1.807, 2.05) is 12.1 Å². The maximum absolute atomic E-state index is 13.1. The molecule has 0 radical (unpaired) electrons. The van der Waals surface area contributed by atoms with Crippen LogP contribution in [0.15, 0.2) is 83.5 Å². The Kier molecular flexibility index (Phi) is 7.09. The summed E-state index contributed by atoms with van der Waals surface area (Å²) >= 11 is 6.06. The Morgan fingerprint density at radius 2 is 1.59 bits per heavy atom. The molecular formula is C27H20ClF3N2O4. The van der Waals surface area contributed by atoms with Crippen LogP contribution in [0, 0.1) is 0 Å². The molecule has 0 aliphatic carbocycles. The number of nitrogens with one attached hydrogen (secondary N) is 1. The van der Waals surface area contributed by atoms with Crippen molar-refractivity contribution in [1.82, 2.24) is 0 Å². The number of carbonyl (C=O) groups excluding carboxylic acids is 3. The molecule has 6 nitrogen and oxygen atoms in total. The van der Waals surface area contributed by atoms with Crippen LogP contribution in [0.1, 0.15) is 41.3 Å². The zero-order chi connectivity index (χ0) is 26.9. The first-order valence-corrected chi connectivity index (χ1v) is 11.5. The minimum Gasteiger partial charge on any atom is -0.423 e. The summed E-state index contributed by atoms with van der Waals surface area (Å²) in [6.45, 7) is 4.11. The van der Waals surface area contributed by atoms with E-state index in [2.05, 4.69) is 19.2 Å². The molecule has 1 N–H and O–H groups in total. The molecule has 1 aliphatic heterocycles. The highest BCUT2D eigenvalue weighted by Crippen LogP contribution is 2.35. The normalized spacial score (nSPS) is 14.0. The van der Waals surface area contributed by atoms with Crippen LogP contribution in [0.3, 0.4) is 0 Å². The molecule has 1 heterocycles. The highest BCUT2D eigenvalue weighted by molar-refractivity contribution is 6.53. The standard InChI is InChI=1S/C27H20ClF3N2O4/c1-15(2)16-8-12-21(13-9-16)37-26(36)17-6-10-19(11-7-17)32-23-22(28)24(34)33(25(23)35)20-5-3-4-18(14-20)27(29,30)31/h3-15,32H,1-2H3. The van der Waals surface area contributed by atoms with Gasteiger partial charge >= 0.3 is 12.1 Å². The van der Waals surface area contributed by atoms with Gasteiger partial charge in [0, 0.05) is 5.69 Å². The first-order valence-electron chi connectivity index (χ1n) is 11.1. The number of ether oxygens (including phenoxy) is 1. The fourth-order valence-electron chi connectivity index (χ4n) is 3.59. The molecule has 3 aromatic rings. The molecule has 0 fully saturated rings. The van der Waals surface area contributed by atoms with Crippen LogP contribution >= 0.6 is 11.6 Å². The molecule has 0 saturated heterocycles. The number of hydrogen-bond acceptors (Lipinski definition) is 5. The van der Waals surface area contributed by atoms with Crippen molar-refractivity contribution >= 4 is 40.8 Å². The summed E-state index contributed by atoms with van der Waals surface area (Å²) in [7, 11) is 0. The lowest BCUT2D eigenvalue weighted by Gasteiger charge is -2.17. The number of halogens is 4. The van der Waals surface area contributed by atoms with Gasteiger partial charge in [0.25, 0.3) is 11.8 Å². The Bertz CT molecular complexity index is 1400. The zero-order valence-corrected chi connectivity index (χ0v) is 20.4. The van der Waals surface area contributed by atoms with Crippen molar-refractivity contribution in [2.45, 2.75) is 25.9 Å². The first-order chi connectivity index (χ1) is 17.5. The average Bonchev–Trinajstić information content (AvgIpc) is 3.07. The van der Waals surface area contributed by atoms with Crippen LogP contribution in [-0.4, -0.2) is 17.8 Å². The molecule has 0 bridgehead atoms. The van der Waals surface area contributed by atoms with E-state index in [0.29, 0.717) is 28.3 Å². The third-order valence-electron chi connectivity index (χ3n) is 5.61. The van der Waals surface area contributed by atoms with Crippen molar-refractivity contribution in [2.75, 3.05) is 10.2 Å². The maximum atomic E-state index is 13.1. The van der Waals surface area contributed by atoms with E-state index in [-0.39, 0.29) is 16.9 Å². The van der Waals surface area contributed by atoms with Gasteiger partial charge in [-0.25, -0.2) is 9.69 Å².